The van der Waals surface area contributed by atoms with E-state index < -0.39 is 17.6 Å². The topological polar surface area (TPSA) is 40.5 Å². The van der Waals surface area contributed by atoms with Gasteiger partial charge < -0.3 is 10.0 Å². The van der Waals surface area contributed by atoms with Gasteiger partial charge in [-0.1, -0.05) is 42.5 Å². The molecule has 2 aromatic rings. The van der Waals surface area contributed by atoms with Crippen LogP contribution >= 0.6 is 0 Å². The molecule has 0 unspecified atom stereocenters. The zero-order valence-electron chi connectivity index (χ0n) is 15.1. The summed E-state index contributed by atoms with van der Waals surface area (Å²) in [6.07, 6.45) is 4.00. The summed E-state index contributed by atoms with van der Waals surface area (Å²) in [6.45, 7) is 2.04. The van der Waals surface area contributed by atoms with Gasteiger partial charge in [-0.15, -0.1) is 0 Å². The van der Waals surface area contributed by atoms with Crippen molar-refractivity contribution in [2.45, 2.75) is 19.3 Å². The molecule has 0 aliphatic carbocycles. The number of nitrogens with zero attached hydrogens (tertiary/aromatic N) is 1. The number of aliphatic carboxylic acids is 1. The van der Waals surface area contributed by atoms with Crippen LogP contribution in [0.2, 0.25) is 0 Å². The number of piperidine rings is 1. The van der Waals surface area contributed by atoms with Gasteiger partial charge in [0, 0.05) is 13.1 Å². The van der Waals surface area contributed by atoms with Crippen LogP contribution in [0.4, 0.5) is 8.78 Å². The first-order valence-corrected chi connectivity index (χ1v) is 9.21. The maximum Gasteiger partial charge on any atom is 0.307 e. The van der Waals surface area contributed by atoms with Crippen molar-refractivity contribution in [3.05, 3.63) is 77.4 Å². The molecule has 0 spiro atoms. The molecule has 2 aromatic carbocycles. The van der Waals surface area contributed by atoms with Crippen molar-refractivity contribution in [3.8, 4) is 0 Å². The molecule has 0 aromatic heterocycles. The van der Waals surface area contributed by atoms with E-state index in [0.29, 0.717) is 31.5 Å². The molecule has 1 atom stereocenters. The first-order valence-electron chi connectivity index (χ1n) is 9.21. The molecule has 1 fully saturated rings. The highest BCUT2D eigenvalue weighted by atomic mass is 19.1. The Morgan fingerprint density at radius 2 is 1.81 bits per heavy atom. The number of rotatable bonds is 6. The van der Waals surface area contributed by atoms with Crippen molar-refractivity contribution in [1.29, 1.82) is 0 Å². The van der Waals surface area contributed by atoms with Crippen LogP contribution in [0.15, 0.2) is 54.6 Å². The first kappa shape index (κ1) is 19.2. The summed E-state index contributed by atoms with van der Waals surface area (Å²) >= 11 is 0. The van der Waals surface area contributed by atoms with Gasteiger partial charge >= 0.3 is 5.97 Å². The van der Waals surface area contributed by atoms with E-state index in [-0.39, 0.29) is 11.5 Å². The molecule has 0 saturated carbocycles. The van der Waals surface area contributed by atoms with Gasteiger partial charge in [0.15, 0.2) is 0 Å². The average molecular weight is 371 g/mol. The lowest BCUT2D eigenvalue weighted by Crippen LogP contribution is -2.39. The van der Waals surface area contributed by atoms with Crippen molar-refractivity contribution in [3.63, 3.8) is 0 Å². The second-order valence-electron chi connectivity index (χ2n) is 6.85. The van der Waals surface area contributed by atoms with Crippen LogP contribution in [0, 0.1) is 17.6 Å². The summed E-state index contributed by atoms with van der Waals surface area (Å²) < 4.78 is 28.7. The van der Waals surface area contributed by atoms with Crippen molar-refractivity contribution in [2.75, 3.05) is 19.6 Å². The Hall–Kier alpha value is -2.53. The Kier molecular flexibility index (Phi) is 6.35. The van der Waals surface area contributed by atoms with E-state index in [9.17, 15) is 18.7 Å². The second-order valence-corrected chi connectivity index (χ2v) is 6.85. The Labute approximate surface area is 157 Å². The van der Waals surface area contributed by atoms with Crippen molar-refractivity contribution in [1.82, 2.24) is 4.90 Å². The van der Waals surface area contributed by atoms with Crippen LogP contribution in [-0.4, -0.2) is 35.6 Å². The van der Waals surface area contributed by atoms with Gasteiger partial charge in [0.05, 0.1) is 11.5 Å². The molecule has 142 valence electrons. The van der Waals surface area contributed by atoms with E-state index in [1.807, 2.05) is 36.4 Å². The fraction of sp³-hybridized carbons (Fsp3) is 0.318. The number of carbonyl (C=O) groups is 1. The second kappa shape index (κ2) is 8.91. The van der Waals surface area contributed by atoms with Gasteiger partial charge in [-0.05, 0) is 49.1 Å². The zero-order chi connectivity index (χ0) is 19.2. The third-order valence-corrected chi connectivity index (χ3v) is 4.97. The minimum atomic E-state index is -0.756. The van der Waals surface area contributed by atoms with E-state index in [1.165, 1.54) is 18.2 Å². The van der Waals surface area contributed by atoms with Gasteiger partial charge in [0.25, 0.3) is 0 Å². The fourth-order valence-corrected chi connectivity index (χ4v) is 3.59. The molecule has 5 heteroatoms. The van der Waals surface area contributed by atoms with Crippen LogP contribution in [0.3, 0.4) is 0 Å². The molecule has 1 N–H and O–H groups in total. The van der Waals surface area contributed by atoms with Crippen LogP contribution in [0.1, 0.15) is 30.4 Å². The van der Waals surface area contributed by atoms with Gasteiger partial charge in [-0.2, -0.15) is 0 Å². The number of hydrogen-bond acceptors (Lipinski definition) is 2. The summed E-state index contributed by atoms with van der Waals surface area (Å²) in [5, 5.41) is 9.21. The van der Waals surface area contributed by atoms with Crippen molar-refractivity contribution < 1.29 is 18.7 Å². The molecule has 0 radical (unpaired) electrons. The standard InChI is InChI=1S/C22H23F2NO2/c23-19-11-4-12-20(24)21(19)18(16-7-2-1-3-8-16)10-6-14-25-13-5-9-17(15-25)22(26)27/h1-4,7-8,10-12,17H,5-6,9,13-15H2,(H,26,27)/b18-10-/t17-/m1/s1. The van der Waals surface area contributed by atoms with Gasteiger partial charge in [0.1, 0.15) is 11.6 Å². The monoisotopic (exact) mass is 371 g/mol. The molecular weight excluding hydrogens is 348 g/mol. The zero-order valence-corrected chi connectivity index (χ0v) is 15.1. The van der Waals surface area contributed by atoms with Crippen LogP contribution in [-0.2, 0) is 4.79 Å². The fourth-order valence-electron chi connectivity index (χ4n) is 3.59. The number of carboxylic acid groups (broad SMARTS) is 1. The lowest BCUT2D eigenvalue weighted by Gasteiger charge is -2.30. The summed E-state index contributed by atoms with van der Waals surface area (Å²) in [6, 6.07) is 13.1. The predicted molar refractivity (Wildman–Crippen MR) is 101 cm³/mol. The predicted octanol–water partition coefficient (Wildman–Crippen LogP) is 4.58. The van der Waals surface area contributed by atoms with E-state index in [2.05, 4.69) is 4.90 Å². The molecule has 27 heavy (non-hydrogen) atoms. The first-order chi connectivity index (χ1) is 13.1. The Bertz CT molecular complexity index is 800. The molecule has 0 bridgehead atoms. The number of carboxylic acids is 1. The highest BCUT2D eigenvalue weighted by molar-refractivity contribution is 5.80. The summed E-state index contributed by atoms with van der Waals surface area (Å²) in [5.74, 6) is -2.27. The number of halogens is 2. The SMILES string of the molecule is O=C(O)[C@@H]1CCCN(CC/C=C(/c2ccccc2)c2c(F)cccc2F)C1. The third kappa shape index (κ3) is 4.80. The average Bonchev–Trinajstić information content (AvgIpc) is 2.67. The minimum Gasteiger partial charge on any atom is -0.481 e. The Balaban J connectivity index is 1.81. The smallest absolute Gasteiger partial charge is 0.307 e. The van der Waals surface area contributed by atoms with E-state index >= 15 is 0 Å². The van der Waals surface area contributed by atoms with Crippen molar-refractivity contribution in [2.24, 2.45) is 5.92 Å². The lowest BCUT2D eigenvalue weighted by atomic mass is 9.95. The van der Waals surface area contributed by atoms with Crippen LogP contribution in [0.25, 0.3) is 5.57 Å². The van der Waals surface area contributed by atoms with E-state index in [4.69, 9.17) is 0 Å². The maximum absolute atomic E-state index is 14.4. The minimum absolute atomic E-state index is 0.0224. The maximum atomic E-state index is 14.4. The Morgan fingerprint density at radius 1 is 1.11 bits per heavy atom. The highest BCUT2D eigenvalue weighted by Crippen LogP contribution is 2.28. The van der Waals surface area contributed by atoms with Gasteiger partial charge in [-0.3, -0.25) is 4.79 Å². The Morgan fingerprint density at radius 3 is 2.48 bits per heavy atom. The summed E-state index contributed by atoms with van der Waals surface area (Å²) in [7, 11) is 0. The van der Waals surface area contributed by atoms with Crippen molar-refractivity contribution >= 4 is 11.5 Å². The van der Waals surface area contributed by atoms with E-state index in [1.54, 1.807) is 0 Å². The summed E-state index contributed by atoms with van der Waals surface area (Å²) in [5.41, 5.74) is 1.26. The largest absolute Gasteiger partial charge is 0.481 e. The highest BCUT2D eigenvalue weighted by Gasteiger charge is 2.24. The molecular formula is C22H23F2NO2. The quantitative estimate of drug-likeness (QED) is 0.808. The van der Waals surface area contributed by atoms with Gasteiger partial charge in [-0.25, -0.2) is 8.78 Å². The third-order valence-electron chi connectivity index (χ3n) is 4.97. The molecule has 3 nitrogen and oxygen atoms in total. The summed E-state index contributed by atoms with van der Waals surface area (Å²) in [4.78, 5) is 13.3. The van der Waals surface area contributed by atoms with Crippen LogP contribution < -0.4 is 0 Å². The molecule has 1 saturated heterocycles. The van der Waals surface area contributed by atoms with Crippen LogP contribution in [0.5, 0.6) is 0 Å². The van der Waals surface area contributed by atoms with E-state index in [0.717, 1.165) is 18.5 Å². The number of benzene rings is 2. The molecule has 3 rings (SSSR count). The molecule has 1 heterocycles. The molecule has 1 aliphatic heterocycles. The molecule has 1 aliphatic rings. The number of likely N-dealkylation sites (tertiary alicyclic amines) is 1. The molecule has 0 amide bonds. The number of hydrogen-bond donors (Lipinski definition) is 1. The normalized spacial score (nSPS) is 18.4. The lowest BCUT2D eigenvalue weighted by molar-refractivity contribution is -0.143. The van der Waals surface area contributed by atoms with Gasteiger partial charge in [0.2, 0.25) is 0 Å².